The summed E-state index contributed by atoms with van der Waals surface area (Å²) in [6.07, 6.45) is 3.58. The quantitative estimate of drug-likeness (QED) is 0.621. The number of rotatable bonds is 6. The number of carbonyl (C=O) groups is 1. The van der Waals surface area contributed by atoms with Gasteiger partial charge in [0, 0.05) is 17.8 Å². The zero-order valence-corrected chi connectivity index (χ0v) is 16.7. The molecule has 0 atom stereocenters. The highest BCUT2D eigenvalue weighted by Crippen LogP contribution is 2.23. The predicted octanol–water partition coefficient (Wildman–Crippen LogP) is 2.59. The first kappa shape index (κ1) is 20.3. The van der Waals surface area contributed by atoms with Gasteiger partial charge in [0.05, 0.1) is 10.4 Å². The SMILES string of the molecule is O=C(Cn1c(=O)oc2cc(S(=O)(=O)NC3CCCC3)ccc21)Nc1ccc(F)cc1. The maximum Gasteiger partial charge on any atom is 0.420 e. The lowest BCUT2D eigenvalue weighted by Crippen LogP contribution is -2.32. The van der Waals surface area contributed by atoms with E-state index < -0.39 is 27.5 Å². The van der Waals surface area contributed by atoms with Crippen LogP contribution in [0, 0.1) is 5.82 Å². The number of aromatic nitrogens is 1. The van der Waals surface area contributed by atoms with Crippen LogP contribution in [0.3, 0.4) is 0 Å². The molecule has 1 amide bonds. The number of hydrogen-bond acceptors (Lipinski definition) is 5. The number of nitrogens with one attached hydrogen (secondary N) is 2. The molecule has 30 heavy (non-hydrogen) atoms. The number of fused-ring (bicyclic) bond motifs is 1. The molecule has 0 saturated heterocycles. The van der Waals surface area contributed by atoms with Gasteiger partial charge >= 0.3 is 5.76 Å². The second-order valence-corrected chi connectivity index (χ2v) is 8.96. The predicted molar refractivity (Wildman–Crippen MR) is 108 cm³/mol. The van der Waals surface area contributed by atoms with E-state index in [1.807, 2.05) is 0 Å². The summed E-state index contributed by atoms with van der Waals surface area (Å²) in [5.74, 6) is -1.72. The van der Waals surface area contributed by atoms with Crippen molar-refractivity contribution in [3.63, 3.8) is 0 Å². The second kappa shape index (κ2) is 8.04. The van der Waals surface area contributed by atoms with Gasteiger partial charge in [-0.15, -0.1) is 0 Å². The van der Waals surface area contributed by atoms with Crippen molar-refractivity contribution in [1.82, 2.24) is 9.29 Å². The van der Waals surface area contributed by atoms with Gasteiger partial charge < -0.3 is 9.73 Å². The highest BCUT2D eigenvalue weighted by molar-refractivity contribution is 7.89. The summed E-state index contributed by atoms with van der Waals surface area (Å²) < 4.78 is 47.1. The fourth-order valence-electron chi connectivity index (χ4n) is 3.57. The van der Waals surface area contributed by atoms with E-state index in [1.54, 1.807) is 0 Å². The molecule has 10 heteroatoms. The van der Waals surface area contributed by atoms with Crippen molar-refractivity contribution in [3.8, 4) is 0 Å². The Morgan fingerprint density at radius 1 is 1.13 bits per heavy atom. The van der Waals surface area contributed by atoms with Crippen LogP contribution in [-0.4, -0.2) is 24.9 Å². The molecule has 1 fully saturated rings. The molecule has 2 aromatic carbocycles. The van der Waals surface area contributed by atoms with Gasteiger partial charge in [0.15, 0.2) is 5.58 Å². The largest absolute Gasteiger partial charge is 0.420 e. The van der Waals surface area contributed by atoms with Crippen molar-refractivity contribution < 1.29 is 22.0 Å². The number of hydrogen-bond donors (Lipinski definition) is 2. The van der Waals surface area contributed by atoms with E-state index in [4.69, 9.17) is 4.42 Å². The summed E-state index contributed by atoms with van der Waals surface area (Å²) in [6.45, 7) is -0.338. The highest BCUT2D eigenvalue weighted by Gasteiger charge is 2.24. The third-order valence-corrected chi connectivity index (χ3v) is 6.57. The van der Waals surface area contributed by atoms with Gasteiger partial charge in [0.1, 0.15) is 12.4 Å². The molecule has 4 rings (SSSR count). The normalized spacial score (nSPS) is 15.0. The Kier molecular flexibility index (Phi) is 5.44. The molecule has 0 unspecified atom stereocenters. The first-order valence-corrected chi connectivity index (χ1v) is 11.0. The molecule has 0 radical (unpaired) electrons. The first-order chi connectivity index (χ1) is 14.3. The van der Waals surface area contributed by atoms with E-state index in [1.165, 1.54) is 42.5 Å². The van der Waals surface area contributed by atoms with Crippen molar-refractivity contribution in [2.45, 2.75) is 43.2 Å². The minimum Gasteiger partial charge on any atom is -0.408 e. The van der Waals surface area contributed by atoms with E-state index in [9.17, 15) is 22.4 Å². The van der Waals surface area contributed by atoms with Crippen molar-refractivity contribution in [2.24, 2.45) is 0 Å². The maximum absolute atomic E-state index is 13.0. The number of oxazole rings is 1. The van der Waals surface area contributed by atoms with Gasteiger partial charge in [-0.3, -0.25) is 9.36 Å². The van der Waals surface area contributed by atoms with Crippen molar-refractivity contribution in [1.29, 1.82) is 0 Å². The highest BCUT2D eigenvalue weighted by atomic mass is 32.2. The van der Waals surface area contributed by atoms with Crippen LogP contribution in [0.25, 0.3) is 11.1 Å². The van der Waals surface area contributed by atoms with Crippen molar-refractivity contribution >= 4 is 32.7 Å². The lowest BCUT2D eigenvalue weighted by atomic mass is 10.3. The molecule has 0 aliphatic heterocycles. The molecule has 1 aliphatic carbocycles. The molecule has 1 aliphatic rings. The lowest BCUT2D eigenvalue weighted by Gasteiger charge is -2.12. The van der Waals surface area contributed by atoms with Crippen molar-refractivity contribution in [3.05, 3.63) is 58.8 Å². The molecule has 1 heterocycles. The number of benzene rings is 2. The minimum atomic E-state index is -3.74. The van der Waals surface area contributed by atoms with E-state index in [-0.39, 0.29) is 23.1 Å². The van der Waals surface area contributed by atoms with Crippen LogP contribution in [0.5, 0.6) is 0 Å². The first-order valence-electron chi connectivity index (χ1n) is 9.53. The summed E-state index contributed by atoms with van der Waals surface area (Å²) in [5, 5.41) is 2.56. The third-order valence-electron chi connectivity index (χ3n) is 5.06. The number of amides is 1. The summed E-state index contributed by atoms with van der Waals surface area (Å²) in [5.41, 5.74) is 0.756. The molecule has 8 nitrogen and oxygen atoms in total. The molecule has 0 spiro atoms. The molecule has 3 aromatic rings. The van der Waals surface area contributed by atoms with E-state index in [2.05, 4.69) is 10.0 Å². The standard InChI is InChI=1S/C20H20FN3O5S/c21-13-5-7-14(8-6-13)22-19(25)12-24-17-10-9-16(11-18(17)29-20(24)26)30(27,28)23-15-3-1-2-4-15/h5-11,15,23H,1-4,12H2,(H,22,25). The fraction of sp³-hybridized carbons (Fsp3) is 0.300. The Hall–Kier alpha value is -2.98. The van der Waals surface area contributed by atoms with E-state index >= 15 is 0 Å². The van der Waals surface area contributed by atoms with Crippen LogP contribution in [0.4, 0.5) is 10.1 Å². The van der Waals surface area contributed by atoms with Crippen LogP contribution < -0.4 is 15.8 Å². The van der Waals surface area contributed by atoms with Gasteiger partial charge in [-0.25, -0.2) is 22.3 Å². The van der Waals surface area contributed by atoms with Crippen LogP contribution >= 0.6 is 0 Å². The number of anilines is 1. The van der Waals surface area contributed by atoms with Gasteiger partial charge in [-0.1, -0.05) is 12.8 Å². The van der Waals surface area contributed by atoms with Crippen LogP contribution in [-0.2, 0) is 21.4 Å². The number of carbonyl (C=O) groups excluding carboxylic acids is 1. The summed E-state index contributed by atoms with van der Waals surface area (Å²) in [6, 6.07) is 9.22. The monoisotopic (exact) mass is 433 g/mol. The Bertz CT molecular complexity index is 1240. The molecule has 158 valence electrons. The van der Waals surface area contributed by atoms with Crippen molar-refractivity contribution in [2.75, 3.05) is 5.32 Å². The third kappa shape index (κ3) is 4.29. The smallest absolute Gasteiger partial charge is 0.408 e. The molecule has 2 N–H and O–H groups in total. The average molecular weight is 433 g/mol. The summed E-state index contributed by atoms with van der Waals surface area (Å²) in [7, 11) is -3.74. The zero-order chi connectivity index (χ0) is 21.3. The van der Waals surface area contributed by atoms with Gasteiger partial charge in [-0.05, 0) is 49.2 Å². The lowest BCUT2D eigenvalue weighted by molar-refractivity contribution is -0.116. The maximum atomic E-state index is 13.0. The van der Waals surface area contributed by atoms with Crippen LogP contribution in [0.2, 0.25) is 0 Å². The van der Waals surface area contributed by atoms with Crippen LogP contribution in [0.15, 0.2) is 56.6 Å². The fourth-order valence-corrected chi connectivity index (χ4v) is 4.89. The molecule has 1 saturated carbocycles. The summed E-state index contributed by atoms with van der Waals surface area (Å²) in [4.78, 5) is 24.5. The van der Waals surface area contributed by atoms with Gasteiger partial charge in [-0.2, -0.15) is 0 Å². The molecule has 1 aromatic heterocycles. The summed E-state index contributed by atoms with van der Waals surface area (Å²) >= 11 is 0. The van der Waals surface area contributed by atoms with E-state index in [0.717, 1.165) is 30.3 Å². The zero-order valence-electron chi connectivity index (χ0n) is 15.9. The second-order valence-electron chi connectivity index (χ2n) is 7.24. The number of halogens is 1. The average Bonchev–Trinajstić information content (AvgIpc) is 3.30. The minimum absolute atomic E-state index is 0.00133. The van der Waals surface area contributed by atoms with Gasteiger partial charge in [0.2, 0.25) is 15.9 Å². The molecular formula is C20H20FN3O5S. The Labute approximate surface area is 171 Å². The Morgan fingerprint density at radius 2 is 1.83 bits per heavy atom. The van der Waals surface area contributed by atoms with Crippen LogP contribution in [0.1, 0.15) is 25.7 Å². The topological polar surface area (TPSA) is 110 Å². The Morgan fingerprint density at radius 3 is 2.53 bits per heavy atom. The molecular weight excluding hydrogens is 413 g/mol. The molecule has 0 bridgehead atoms. The number of nitrogens with zero attached hydrogens (tertiary/aromatic N) is 1. The van der Waals surface area contributed by atoms with E-state index in [0.29, 0.717) is 11.2 Å². The van der Waals surface area contributed by atoms with Gasteiger partial charge in [0.25, 0.3) is 0 Å². The number of sulfonamides is 1. The Balaban J connectivity index is 1.55.